The van der Waals surface area contributed by atoms with Crippen LogP contribution in [0.2, 0.25) is 0 Å². The number of carbonyl (C=O) groups excluding carboxylic acids is 1. The van der Waals surface area contributed by atoms with Crippen molar-refractivity contribution in [3.8, 4) is 0 Å². The number of carbonyl (C=O) groups is 1. The fourth-order valence-corrected chi connectivity index (χ4v) is 14.0. The van der Waals surface area contributed by atoms with Crippen molar-refractivity contribution in [1.29, 1.82) is 0 Å². The molecule has 342 valence electrons. The van der Waals surface area contributed by atoms with E-state index in [0.29, 0.717) is 22.7 Å². The van der Waals surface area contributed by atoms with Crippen LogP contribution >= 0.6 is 0 Å². The highest BCUT2D eigenvalue weighted by atomic mass is 16.3. The molecule has 0 heterocycles. The Bertz CT molecular complexity index is 1240. The van der Waals surface area contributed by atoms with Gasteiger partial charge in [0.25, 0.3) is 0 Å². The molecule has 3 nitrogen and oxygen atoms in total. The van der Waals surface area contributed by atoms with Gasteiger partial charge in [0.05, 0.1) is 12.6 Å². The van der Waals surface area contributed by atoms with Crippen molar-refractivity contribution in [3.05, 3.63) is 23.8 Å². The fraction of sp³-hybridized carbons (Fsp3) is 0.911. The van der Waals surface area contributed by atoms with Gasteiger partial charge in [0, 0.05) is 6.42 Å². The molecule has 3 fully saturated rings. The van der Waals surface area contributed by atoms with Crippen LogP contribution in [-0.2, 0) is 4.79 Å². The first-order chi connectivity index (χ1) is 28.4. The number of nitrogens with one attached hydrogen (secondary N) is 1. The molecule has 1 amide bonds. The maximum Gasteiger partial charge on any atom is 0.220 e. The number of fused-ring (bicyclic) bond motifs is 5. The Kier molecular flexibility index (Phi) is 22.2. The first kappa shape index (κ1) is 50.6. The highest BCUT2D eigenvalue weighted by molar-refractivity contribution is 5.76. The minimum absolute atomic E-state index is 0.0145. The van der Waals surface area contributed by atoms with Gasteiger partial charge in [0.15, 0.2) is 0 Å². The summed E-state index contributed by atoms with van der Waals surface area (Å²) in [6.45, 7) is 20.1. The average molecular weight is 820 g/mol. The van der Waals surface area contributed by atoms with E-state index < -0.39 is 0 Å². The SMILES string of the molecule is CCCCCCCCCCCCC/C=C/CC(CO)NC(=O)CCCCCC(C)(CCCCC)C1CC2(C)C1=CCC1C2CCC2(C)C(C(C)CCCC(C)C)CCC12. The first-order valence-electron chi connectivity index (χ1n) is 26.7. The minimum atomic E-state index is -0.162. The Balaban J connectivity index is 1.17. The van der Waals surface area contributed by atoms with Gasteiger partial charge >= 0.3 is 0 Å². The van der Waals surface area contributed by atoms with Crippen molar-refractivity contribution < 1.29 is 9.90 Å². The maximum absolute atomic E-state index is 12.9. The van der Waals surface area contributed by atoms with Crippen LogP contribution in [0.1, 0.15) is 254 Å². The van der Waals surface area contributed by atoms with Gasteiger partial charge in [0.1, 0.15) is 0 Å². The zero-order valence-corrected chi connectivity index (χ0v) is 40.8. The number of allylic oxidation sites excluding steroid dienone is 3. The van der Waals surface area contributed by atoms with Crippen molar-refractivity contribution >= 4 is 5.91 Å². The summed E-state index contributed by atoms with van der Waals surface area (Å²) < 4.78 is 0. The van der Waals surface area contributed by atoms with E-state index in [-0.39, 0.29) is 18.6 Å². The average Bonchev–Trinajstić information content (AvgIpc) is 3.56. The molecular formula is C56H101NO2. The summed E-state index contributed by atoms with van der Waals surface area (Å²) in [7, 11) is 0. The lowest BCUT2D eigenvalue weighted by molar-refractivity contribution is -0.122. The number of hydrogen-bond donors (Lipinski definition) is 2. The maximum atomic E-state index is 12.9. The predicted octanol–water partition coefficient (Wildman–Crippen LogP) is 16.5. The van der Waals surface area contributed by atoms with Gasteiger partial charge < -0.3 is 10.4 Å². The van der Waals surface area contributed by atoms with Crippen molar-refractivity contribution in [2.24, 2.45) is 57.7 Å². The van der Waals surface area contributed by atoms with Gasteiger partial charge in [-0.15, -0.1) is 0 Å². The molecule has 0 spiro atoms. The Morgan fingerprint density at radius 1 is 0.797 bits per heavy atom. The molecule has 0 radical (unpaired) electrons. The van der Waals surface area contributed by atoms with Crippen molar-refractivity contribution in [3.63, 3.8) is 0 Å². The van der Waals surface area contributed by atoms with Crippen LogP contribution in [-0.4, -0.2) is 23.7 Å². The third-order valence-corrected chi connectivity index (χ3v) is 17.7. The number of hydrogen-bond acceptors (Lipinski definition) is 2. The van der Waals surface area contributed by atoms with Crippen LogP contribution in [0.25, 0.3) is 0 Å². The third kappa shape index (κ3) is 14.5. The number of rotatable bonds is 32. The van der Waals surface area contributed by atoms with E-state index in [1.54, 1.807) is 0 Å². The largest absolute Gasteiger partial charge is 0.394 e. The van der Waals surface area contributed by atoms with Gasteiger partial charge in [0.2, 0.25) is 5.91 Å². The summed E-state index contributed by atoms with van der Waals surface area (Å²) in [6, 6.07) is -0.162. The molecule has 4 aliphatic rings. The molecule has 3 heteroatoms. The van der Waals surface area contributed by atoms with Crippen LogP contribution in [0.5, 0.6) is 0 Å². The summed E-state index contributed by atoms with van der Waals surface area (Å²) in [5.41, 5.74) is 3.26. The van der Waals surface area contributed by atoms with Gasteiger partial charge in [-0.05, 0) is 135 Å². The molecule has 4 rings (SSSR count). The summed E-state index contributed by atoms with van der Waals surface area (Å²) in [5, 5.41) is 13.1. The summed E-state index contributed by atoms with van der Waals surface area (Å²) >= 11 is 0. The second-order valence-electron chi connectivity index (χ2n) is 22.6. The monoisotopic (exact) mass is 820 g/mol. The molecule has 59 heavy (non-hydrogen) atoms. The molecule has 0 aromatic carbocycles. The Morgan fingerprint density at radius 3 is 2.08 bits per heavy atom. The van der Waals surface area contributed by atoms with Crippen LogP contribution in [0.15, 0.2) is 23.8 Å². The Labute approximate surface area is 368 Å². The van der Waals surface area contributed by atoms with E-state index in [4.69, 9.17) is 0 Å². The van der Waals surface area contributed by atoms with Crippen molar-refractivity contribution in [1.82, 2.24) is 5.32 Å². The lowest BCUT2D eigenvalue weighted by Crippen LogP contribution is -2.57. The normalized spacial score (nSPS) is 29.7. The third-order valence-electron chi connectivity index (χ3n) is 17.7. The number of unbranched alkanes of at least 4 members (excludes halogenated alkanes) is 15. The van der Waals surface area contributed by atoms with E-state index in [2.05, 4.69) is 78.9 Å². The molecule has 0 aromatic rings. The lowest BCUT2D eigenvalue weighted by Gasteiger charge is -2.65. The summed E-state index contributed by atoms with van der Waals surface area (Å²) in [5.74, 6) is 6.28. The smallest absolute Gasteiger partial charge is 0.220 e. The van der Waals surface area contributed by atoms with Gasteiger partial charge in [-0.25, -0.2) is 0 Å². The molecule has 0 aliphatic heterocycles. The summed E-state index contributed by atoms with van der Waals surface area (Å²) in [6.07, 6.45) is 47.7. The molecule has 0 bridgehead atoms. The van der Waals surface area contributed by atoms with E-state index >= 15 is 0 Å². The molecule has 10 atom stereocenters. The quantitative estimate of drug-likeness (QED) is 0.0525. The number of aliphatic hydroxyl groups is 1. The molecule has 0 aromatic heterocycles. The Hall–Kier alpha value is -1.09. The van der Waals surface area contributed by atoms with E-state index in [1.807, 2.05) is 5.57 Å². The van der Waals surface area contributed by atoms with E-state index in [9.17, 15) is 9.90 Å². The predicted molar refractivity (Wildman–Crippen MR) is 256 cm³/mol. The van der Waals surface area contributed by atoms with Crippen LogP contribution in [0.4, 0.5) is 0 Å². The van der Waals surface area contributed by atoms with Crippen LogP contribution in [0, 0.1) is 57.7 Å². The molecular weight excluding hydrogens is 719 g/mol. The lowest BCUT2D eigenvalue weighted by atomic mass is 9.39. The molecule has 4 aliphatic carbocycles. The molecule has 2 N–H and O–H groups in total. The molecule has 0 saturated heterocycles. The second-order valence-corrected chi connectivity index (χ2v) is 22.6. The molecule has 3 saturated carbocycles. The highest BCUT2D eigenvalue weighted by Crippen LogP contribution is 2.72. The van der Waals surface area contributed by atoms with Crippen molar-refractivity contribution in [2.45, 2.75) is 260 Å². The van der Waals surface area contributed by atoms with Gasteiger partial charge in [-0.2, -0.15) is 0 Å². The van der Waals surface area contributed by atoms with Gasteiger partial charge in [-0.3, -0.25) is 4.79 Å². The van der Waals surface area contributed by atoms with Gasteiger partial charge in [-0.1, -0.05) is 195 Å². The minimum Gasteiger partial charge on any atom is -0.394 e. The summed E-state index contributed by atoms with van der Waals surface area (Å²) in [4.78, 5) is 12.9. The van der Waals surface area contributed by atoms with Crippen LogP contribution < -0.4 is 5.32 Å². The van der Waals surface area contributed by atoms with Crippen LogP contribution in [0.3, 0.4) is 0 Å². The first-order valence-corrected chi connectivity index (χ1v) is 26.7. The number of amides is 1. The van der Waals surface area contributed by atoms with Crippen molar-refractivity contribution in [2.75, 3.05) is 6.61 Å². The zero-order valence-electron chi connectivity index (χ0n) is 40.8. The fourth-order valence-electron chi connectivity index (χ4n) is 14.0. The molecule has 10 unspecified atom stereocenters. The van der Waals surface area contributed by atoms with E-state index in [0.717, 1.165) is 67.1 Å². The topological polar surface area (TPSA) is 49.3 Å². The Morgan fingerprint density at radius 2 is 1.42 bits per heavy atom. The van der Waals surface area contributed by atoms with E-state index in [1.165, 1.54) is 167 Å². The second kappa shape index (κ2) is 25.9. The standard InChI is InChI=1S/C56H101NO2/c1-9-11-13-14-15-16-17-18-19-20-21-22-23-25-32-46(43-58)57-53(59)33-26-24-28-40-54(6,39-27-12-10-2)52-42-56(8)50-38-41-55(7)48(45(5)31-29-30-44(3)4)36-37-49(55)47(50)34-35-51(52)56/h23,25,35,44-50,52,58H,9-22,24,26-34,36-43H2,1-8H3,(H,57,59)/b25-23+. The number of aliphatic hydroxyl groups excluding tert-OH is 1. The highest BCUT2D eigenvalue weighted by Gasteiger charge is 2.63. The zero-order chi connectivity index (χ0) is 42.7.